The molecule has 0 bridgehead atoms. The summed E-state index contributed by atoms with van der Waals surface area (Å²) < 4.78 is 14.9. The molecule has 0 aliphatic rings. The van der Waals surface area contributed by atoms with E-state index >= 15 is 0 Å². The molecule has 0 saturated carbocycles. The quantitative estimate of drug-likeness (QED) is 0.869. The fourth-order valence-corrected chi connectivity index (χ4v) is 3.70. The molecule has 4 nitrogen and oxygen atoms in total. The van der Waals surface area contributed by atoms with Crippen molar-refractivity contribution in [1.29, 1.82) is 0 Å². The highest BCUT2D eigenvalue weighted by atomic mass is 79.9. The van der Waals surface area contributed by atoms with Crippen molar-refractivity contribution in [3.63, 3.8) is 0 Å². The maximum Gasteiger partial charge on any atom is 0.0739 e. The van der Waals surface area contributed by atoms with Gasteiger partial charge in [-0.15, -0.1) is 0 Å². The molecule has 1 heterocycles. The Balaban J connectivity index is 2.77. The van der Waals surface area contributed by atoms with Crippen LogP contribution in [0.3, 0.4) is 0 Å². The molecule has 98 valence electrons. The van der Waals surface area contributed by atoms with Crippen molar-refractivity contribution in [2.24, 2.45) is 11.7 Å². The molecule has 0 aliphatic heterocycles. The van der Waals surface area contributed by atoms with Gasteiger partial charge in [-0.05, 0) is 42.2 Å². The van der Waals surface area contributed by atoms with Gasteiger partial charge in [-0.1, -0.05) is 6.92 Å². The first-order valence-corrected chi connectivity index (χ1v) is 8.04. The van der Waals surface area contributed by atoms with Crippen LogP contribution in [0.4, 0.5) is 0 Å². The summed E-state index contributed by atoms with van der Waals surface area (Å²) in [5.41, 5.74) is 7.51. The van der Waals surface area contributed by atoms with Crippen LogP contribution in [0.1, 0.15) is 25.2 Å². The van der Waals surface area contributed by atoms with Gasteiger partial charge >= 0.3 is 0 Å². The van der Waals surface area contributed by atoms with E-state index in [2.05, 4.69) is 21.0 Å². The molecule has 1 aromatic rings. The molecule has 17 heavy (non-hydrogen) atoms. The van der Waals surface area contributed by atoms with E-state index in [9.17, 15) is 4.21 Å². The Labute approximate surface area is 114 Å². The standard InChI is InChI=1S/C11H20BrN3OS/c1-4-15-10(11(12)9(3)14-15)7-17(16)6-8(2)5-13/h8H,4-7,13H2,1-3H3. The van der Waals surface area contributed by atoms with E-state index in [0.717, 1.165) is 22.4 Å². The van der Waals surface area contributed by atoms with Gasteiger partial charge in [0, 0.05) is 23.1 Å². The van der Waals surface area contributed by atoms with Crippen molar-refractivity contribution in [1.82, 2.24) is 9.78 Å². The van der Waals surface area contributed by atoms with Crippen molar-refractivity contribution in [2.75, 3.05) is 12.3 Å². The minimum Gasteiger partial charge on any atom is -0.330 e. The number of nitrogens with zero attached hydrogens (tertiary/aromatic N) is 2. The normalized spacial score (nSPS) is 14.9. The largest absolute Gasteiger partial charge is 0.330 e. The van der Waals surface area contributed by atoms with Crippen molar-refractivity contribution >= 4 is 26.7 Å². The first-order chi connectivity index (χ1) is 7.99. The Morgan fingerprint density at radius 2 is 2.24 bits per heavy atom. The Kier molecular flexibility index (Phi) is 5.82. The van der Waals surface area contributed by atoms with Gasteiger partial charge in [-0.2, -0.15) is 5.10 Å². The summed E-state index contributed by atoms with van der Waals surface area (Å²) in [5, 5.41) is 4.39. The first-order valence-electron chi connectivity index (χ1n) is 5.76. The van der Waals surface area contributed by atoms with Crippen LogP contribution in [0, 0.1) is 12.8 Å². The molecule has 2 N–H and O–H groups in total. The number of nitrogens with two attached hydrogens (primary N) is 1. The lowest BCUT2D eigenvalue weighted by molar-refractivity contribution is 0.619. The Hall–Kier alpha value is -0.200. The van der Waals surface area contributed by atoms with Crippen molar-refractivity contribution < 1.29 is 4.21 Å². The molecule has 1 rings (SSSR count). The molecule has 0 fully saturated rings. The van der Waals surface area contributed by atoms with E-state index in [1.54, 1.807) is 0 Å². The summed E-state index contributed by atoms with van der Waals surface area (Å²) >= 11 is 3.51. The van der Waals surface area contributed by atoms with E-state index in [-0.39, 0.29) is 0 Å². The zero-order chi connectivity index (χ0) is 13.0. The first kappa shape index (κ1) is 14.9. The lowest BCUT2D eigenvalue weighted by Crippen LogP contribution is -2.19. The average molecular weight is 322 g/mol. The maximum absolute atomic E-state index is 12.0. The third-order valence-corrected chi connectivity index (χ3v) is 5.19. The van der Waals surface area contributed by atoms with Crippen LogP contribution in [-0.4, -0.2) is 26.3 Å². The molecule has 0 spiro atoms. The molecule has 1 aromatic heterocycles. The minimum atomic E-state index is -0.881. The van der Waals surface area contributed by atoms with E-state index in [0.29, 0.717) is 24.0 Å². The monoisotopic (exact) mass is 321 g/mol. The predicted octanol–water partition coefficient (Wildman–Crippen LogP) is 1.82. The molecule has 2 unspecified atom stereocenters. The lowest BCUT2D eigenvalue weighted by atomic mass is 10.2. The fourth-order valence-electron chi connectivity index (χ4n) is 1.60. The van der Waals surface area contributed by atoms with E-state index in [4.69, 9.17) is 5.73 Å². The van der Waals surface area contributed by atoms with Crippen molar-refractivity contribution in [3.8, 4) is 0 Å². The second-order valence-electron chi connectivity index (χ2n) is 4.25. The van der Waals surface area contributed by atoms with Gasteiger partial charge in [0.25, 0.3) is 0 Å². The van der Waals surface area contributed by atoms with Gasteiger partial charge in [0.05, 0.1) is 21.6 Å². The van der Waals surface area contributed by atoms with Gasteiger partial charge in [0.2, 0.25) is 0 Å². The average Bonchev–Trinajstić information content (AvgIpc) is 2.56. The van der Waals surface area contributed by atoms with Crippen LogP contribution in [0.2, 0.25) is 0 Å². The summed E-state index contributed by atoms with van der Waals surface area (Å²) in [7, 11) is -0.881. The summed E-state index contributed by atoms with van der Waals surface area (Å²) in [6.07, 6.45) is 0. The summed E-state index contributed by atoms with van der Waals surface area (Å²) in [5.74, 6) is 1.49. The van der Waals surface area contributed by atoms with Crippen LogP contribution in [0.15, 0.2) is 4.47 Å². The Morgan fingerprint density at radius 3 is 2.76 bits per heavy atom. The zero-order valence-corrected chi connectivity index (χ0v) is 13.0. The summed E-state index contributed by atoms with van der Waals surface area (Å²) in [6.45, 7) is 7.39. The van der Waals surface area contributed by atoms with Gasteiger partial charge in [-0.25, -0.2) is 0 Å². The molecule has 2 atom stereocenters. The van der Waals surface area contributed by atoms with Gasteiger partial charge < -0.3 is 5.73 Å². The van der Waals surface area contributed by atoms with Crippen molar-refractivity contribution in [2.45, 2.75) is 33.1 Å². The Morgan fingerprint density at radius 1 is 1.59 bits per heavy atom. The van der Waals surface area contributed by atoms with Gasteiger partial charge in [-0.3, -0.25) is 8.89 Å². The minimum absolute atomic E-state index is 0.300. The Bertz CT molecular complexity index is 406. The number of hydrogen-bond acceptors (Lipinski definition) is 3. The lowest BCUT2D eigenvalue weighted by Gasteiger charge is -2.09. The van der Waals surface area contributed by atoms with Crippen LogP contribution >= 0.6 is 15.9 Å². The van der Waals surface area contributed by atoms with Crippen LogP contribution in [0.5, 0.6) is 0 Å². The molecule has 0 aromatic carbocycles. The van der Waals surface area contributed by atoms with Gasteiger partial charge in [0.15, 0.2) is 0 Å². The van der Waals surface area contributed by atoms with E-state index in [1.807, 2.05) is 25.5 Å². The van der Waals surface area contributed by atoms with Crippen LogP contribution < -0.4 is 5.73 Å². The molecule has 0 aliphatic carbocycles. The number of hydrogen-bond donors (Lipinski definition) is 1. The fraction of sp³-hybridized carbons (Fsp3) is 0.727. The second kappa shape index (κ2) is 6.66. The molecular weight excluding hydrogens is 302 g/mol. The number of aryl methyl sites for hydroxylation is 2. The molecule has 0 saturated heterocycles. The number of rotatable bonds is 6. The predicted molar refractivity (Wildman–Crippen MR) is 75.3 cm³/mol. The second-order valence-corrected chi connectivity index (χ2v) is 6.55. The molecule has 0 radical (unpaired) electrons. The summed E-state index contributed by atoms with van der Waals surface area (Å²) in [6, 6.07) is 0. The molecule has 0 amide bonds. The highest BCUT2D eigenvalue weighted by molar-refractivity contribution is 9.10. The van der Waals surface area contributed by atoms with Crippen LogP contribution in [-0.2, 0) is 23.1 Å². The van der Waals surface area contributed by atoms with E-state index < -0.39 is 10.8 Å². The number of halogens is 1. The number of aromatic nitrogens is 2. The highest BCUT2D eigenvalue weighted by Gasteiger charge is 2.15. The maximum atomic E-state index is 12.0. The zero-order valence-electron chi connectivity index (χ0n) is 10.6. The SMILES string of the molecule is CCn1nc(C)c(Br)c1CS(=O)CC(C)CN. The highest BCUT2D eigenvalue weighted by Crippen LogP contribution is 2.22. The van der Waals surface area contributed by atoms with E-state index in [1.165, 1.54) is 0 Å². The third kappa shape index (κ3) is 3.89. The molecule has 6 heteroatoms. The molecular formula is C11H20BrN3OS. The smallest absolute Gasteiger partial charge is 0.0739 e. The summed E-state index contributed by atoms with van der Waals surface area (Å²) in [4.78, 5) is 0. The topological polar surface area (TPSA) is 60.9 Å². The third-order valence-electron chi connectivity index (χ3n) is 2.62. The van der Waals surface area contributed by atoms with Gasteiger partial charge in [0.1, 0.15) is 0 Å². The van der Waals surface area contributed by atoms with Crippen molar-refractivity contribution in [3.05, 3.63) is 15.9 Å². The van der Waals surface area contributed by atoms with Crippen LogP contribution in [0.25, 0.3) is 0 Å².